The predicted molar refractivity (Wildman–Crippen MR) is 51.5 cm³/mol. The van der Waals surface area contributed by atoms with Crippen molar-refractivity contribution in [3.63, 3.8) is 0 Å². The van der Waals surface area contributed by atoms with Gasteiger partial charge in [-0.2, -0.15) is 0 Å². The van der Waals surface area contributed by atoms with E-state index in [1.165, 1.54) is 18.5 Å². The quantitative estimate of drug-likeness (QED) is 0.532. The number of hydrogen-bond donors (Lipinski definition) is 2. The lowest BCUT2D eigenvalue weighted by Gasteiger charge is -2.03. The van der Waals surface area contributed by atoms with Crippen LogP contribution in [0.1, 0.15) is 18.5 Å². The highest BCUT2D eigenvalue weighted by Crippen LogP contribution is 2.20. The van der Waals surface area contributed by atoms with Crippen molar-refractivity contribution in [1.82, 2.24) is 9.97 Å². The van der Waals surface area contributed by atoms with Crippen LogP contribution in [0.25, 0.3) is 0 Å². The van der Waals surface area contributed by atoms with Crippen LogP contribution in [0.15, 0.2) is 18.3 Å². The van der Waals surface area contributed by atoms with Gasteiger partial charge >= 0.3 is 0 Å². The summed E-state index contributed by atoms with van der Waals surface area (Å²) >= 11 is 4.94. The molecule has 1 aliphatic carbocycles. The fourth-order valence-corrected chi connectivity index (χ4v) is 1.82. The number of allylic oxidation sites excluding steroid dienone is 2. The third kappa shape index (κ3) is 1.67. The Morgan fingerprint density at radius 1 is 1.58 bits per heavy atom. The van der Waals surface area contributed by atoms with E-state index >= 15 is 0 Å². The maximum absolute atomic E-state index is 4.94. The summed E-state index contributed by atoms with van der Waals surface area (Å²) in [7, 11) is 0. The van der Waals surface area contributed by atoms with Gasteiger partial charge in [0.2, 0.25) is 0 Å². The van der Waals surface area contributed by atoms with Gasteiger partial charge in [0.25, 0.3) is 0 Å². The lowest BCUT2D eigenvalue weighted by molar-refractivity contribution is 0.622. The summed E-state index contributed by atoms with van der Waals surface area (Å²) < 4.78 is 0.729. The molecule has 64 valence electrons. The molecule has 1 heterocycles. The highest BCUT2D eigenvalue weighted by Gasteiger charge is 2.10. The number of aromatic nitrogens is 2. The molecule has 0 fully saturated rings. The molecule has 1 unspecified atom stereocenters. The van der Waals surface area contributed by atoms with Gasteiger partial charge in [0.15, 0.2) is 4.77 Å². The second-order valence-corrected chi connectivity index (χ2v) is 3.65. The normalized spacial score (nSPS) is 21.8. The fraction of sp³-hybridized carbons (Fsp3) is 0.444. The van der Waals surface area contributed by atoms with E-state index in [1.54, 1.807) is 0 Å². The first kappa shape index (κ1) is 7.80. The minimum atomic E-state index is 0.714. The molecule has 12 heavy (non-hydrogen) atoms. The Labute approximate surface area is 76.7 Å². The average Bonchev–Trinajstić information content (AvgIpc) is 2.63. The number of nitrogens with one attached hydrogen (secondary N) is 2. The first-order valence-corrected chi connectivity index (χ1v) is 4.68. The zero-order valence-electron chi connectivity index (χ0n) is 6.84. The third-order valence-electron chi connectivity index (χ3n) is 2.25. The second kappa shape index (κ2) is 3.27. The van der Waals surface area contributed by atoms with Crippen LogP contribution in [0.4, 0.5) is 0 Å². The van der Waals surface area contributed by atoms with Crippen molar-refractivity contribution >= 4 is 12.2 Å². The highest BCUT2D eigenvalue weighted by atomic mass is 32.1. The summed E-state index contributed by atoms with van der Waals surface area (Å²) in [5.41, 5.74) is 1.22. The zero-order chi connectivity index (χ0) is 8.39. The molecule has 2 N–H and O–H groups in total. The molecule has 1 aromatic rings. The van der Waals surface area contributed by atoms with Gasteiger partial charge in [-0.1, -0.05) is 12.2 Å². The molecular weight excluding hydrogens is 168 g/mol. The van der Waals surface area contributed by atoms with Crippen LogP contribution in [0.5, 0.6) is 0 Å². The smallest absolute Gasteiger partial charge is 0.174 e. The van der Waals surface area contributed by atoms with Gasteiger partial charge in [0.1, 0.15) is 0 Å². The van der Waals surface area contributed by atoms with Crippen LogP contribution < -0.4 is 0 Å². The van der Waals surface area contributed by atoms with Crippen LogP contribution in [-0.4, -0.2) is 9.97 Å². The minimum absolute atomic E-state index is 0.714. The van der Waals surface area contributed by atoms with Crippen LogP contribution in [0.3, 0.4) is 0 Å². The van der Waals surface area contributed by atoms with E-state index in [4.69, 9.17) is 12.2 Å². The molecule has 0 spiro atoms. The van der Waals surface area contributed by atoms with E-state index < -0.39 is 0 Å². The summed E-state index contributed by atoms with van der Waals surface area (Å²) in [6.07, 6.45) is 10.1. The van der Waals surface area contributed by atoms with Gasteiger partial charge in [0.05, 0.1) is 0 Å². The van der Waals surface area contributed by atoms with Crippen LogP contribution >= 0.6 is 12.2 Å². The molecule has 0 aromatic carbocycles. The summed E-state index contributed by atoms with van der Waals surface area (Å²) in [5.74, 6) is 0.714. The Morgan fingerprint density at radius 3 is 3.08 bits per heavy atom. The Balaban J connectivity index is 2.03. The summed E-state index contributed by atoms with van der Waals surface area (Å²) in [4.78, 5) is 6.11. The molecule has 0 bridgehead atoms. The summed E-state index contributed by atoms with van der Waals surface area (Å²) in [5, 5.41) is 0. The van der Waals surface area contributed by atoms with Gasteiger partial charge in [-0.15, -0.1) is 0 Å². The van der Waals surface area contributed by atoms with Gasteiger partial charge in [0, 0.05) is 11.9 Å². The molecule has 0 radical (unpaired) electrons. The SMILES string of the molecule is S=c1[nH]cc(CC2C=CCC2)[nH]1. The van der Waals surface area contributed by atoms with Crippen LogP contribution in [0.2, 0.25) is 0 Å². The van der Waals surface area contributed by atoms with Crippen molar-refractivity contribution in [1.29, 1.82) is 0 Å². The van der Waals surface area contributed by atoms with E-state index in [2.05, 4.69) is 22.1 Å². The Bertz CT molecular complexity index is 334. The van der Waals surface area contributed by atoms with E-state index in [0.717, 1.165) is 11.2 Å². The molecule has 1 atom stereocenters. The molecule has 0 saturated carbocycles. The predicted octanol–water partition coefficient (Wildman–Crippen LogP) is 2.58. The van der Waals surface area contributed by atoms with E-state index in [-0.39, 0.29) is 0 Å². The van der Waals surface area contributed by atoms with Crippen LogP contribution in [-0.2, 0) is 6.42 Å². The highest BCUT2D eigenvalue weighted by molar-refractivity contribution is 7.71. The number of H-pyrrole nitrogens is 2. The number of aromatic amines is 2. The van der Waals surface area contributed by atoms with Gasteiger partial charge in [-0.25, -0.2) is 0 Å². The lowest BCUT2D eigenvalue weighted by Crippen LogP contribution is -1.97. The van der Waals surface area contributed by atoms with Crippen molar-refractivity contribution in [3.05, 3.63) is 28.8 Å². The maximum atomic E-state index is 4.94. The van der Waals surface area contributed by atoms with E-state index in [9.17, 15) is 0 Å². The molecule has 1 aromatic heterocycles. The first-order chi connectivity index (χ1) is 5.84. The van der Waals surface area contributed by atoms with Crippen molar-refractivity contribution in [2.24, 2.45) is 5.92 Å². The molecule has 0 amide bonds. The summed E-state index contributed by atoms with van der Waals surface area (Å²) in [6.45, 7) is 0. The molecule has 1 aliphatic rings. The molecular formula is C9H12N2S. The molecule has 2 nitrogen and oxygen atoms in total. The Kier molecular flexibility index (Phi) is 2.13. The standard InChI is InChI=1S/C9H12N2S/c12-9-10-6-8(11-9)5-7-3-1-2-4-7/h1,3,6-7H,2,4-5H2,(H2,10,11,12). The van der Waals surface area contributed by atoms with Gasteiger partial charge in [-0.05, 0) is 37.4 Å². The van der Waals surface area contributed by atoms with Crippen LogP contribution in [0, 0.1) is 10.7 Å². The molecule has 2 rings (SSSR count). The largest absolute Gasteiger partial charge is 0.337 e. The summed E-state index contributed by atoms with van der Waals surface area (Å²) in [6, 6.07) is 0. The molecule has 0 aliphatic heterocycles. The van der Waals surface area contributed by atoms with Crippen molar-refractivity contribution in [2.45, 2.75) is 19.3 Å². The monoisotopic (exact) mass is 180 g/mol. The average molecular weight is 180 g/mol. The van der Waals surface area contributed by atoms with E-state index in [0.29, 0.717) is 5.92 Å². The zero-order valence-corrected chi connectivity index (χ0v) is 7.66. The Hall–Kier alpha value is -0.830. The Morgan fingerprint density at radius 2 is 2.50 bits per heavy atom. The number of imidazole rings is 1. The van der Waals surface area contributed by atoms with E-state index in [1.807, 2.05) is 6.20 Å². The van der Waals surface area contributed by atoms with Gasteiger partial charge < -0.3 is 9.97 Å². The number of hydrogen-bond acceptors (Lipinski definition) is 1. The third-order valence-corrected chi connectivity index (χ3v) is 2.47. The van der Waals surface area contributed by atoms with Crippen molar-refractivity contribution < 1.29 is 0 Å². The topological polar surface area (TPSA) is 31.6 Å². The number of rotatable bonds is 2. The fourth-order valence-electron chi connectivity index (χ4n) is 1.63. The minimum Gasteiger partial charge on any atom is -0.337 e. The molecule has 0 saturated heterocycles. The van der Waals surface area contributed by atoms with Crippen molar-refractivity contribution in [2.75, 3.05) is 0 Å². The lowest BCUT2D eigenvalue weighted by atomic mass is 10.0. The first-order valence-electron chi connectivity index (χ1n) is 4.28. The molecule has 3 heteroatoms. The van der Waals surface area contributed by atoms with Crippen molar-refractivity contribution in [3.8, 4) is 0 Å². The second-order valence-electron chi connectivity index (χ2n) is 3.24. The van der Waals surface area contributed by atoms with Gasteiger partial charge in [-0.3, -0.25) is 0 Å². The maximum Gasteiger partial charge on any atom is 0.174 e.